The summed E-state index contributed by atoms with van der Waals surface area (Å²) in [5, 5.41) is 0.524. The number of fused-ring (bicyclic) bond motifs is 1. The van der Waals surface area contributed by atoms with Crippen LogP contribution in [0.15, 0.2) is 59.5 Å². The number of para-hydroxylation sites is 1. The summed E-state index contributed by atoms with van der Waals surface area (Å²) in [6.45, 7) is 0. The van der Waals surface area contributed by atoms with Crippen LogP contribution in [0.2, 0.25) is 0 Å². The molecule has 0 amide bonds. The predicted molar refractivity (Wildman–Crippen MR) is 79.3 cm³/mol. The molecule has 1 heterocycles. The molecule has 0 aliphatic heterocycles. The van der Waals surface area contributed by atoms with E-state index in [-0.39, 0.29) is 35.9 Å². The Morgan fingerprint density at radius 3 is 2.19 bits per heavy atom. The number of benzene rings is 2. The molecule has 4 nitrogen and oxygen atoms in total. The van der Waals surface area contributed by atoms with Crippen molar-refractivity contribution in [3.05, 3.63) is 54.6 Å². The van der Waals surface area contributed by atoms with Gasteiger partial charge in [-0.3, -0.25) is 4.55 Å². The first-order chi connectivity index (χ1) is 9.50. The third-order valence-corrected chi connectivity index (χ3v) is 4.29. The second-order valence-corrected chi connectivity index (χ2v) is 5.95. The van der Waals surface area contributed by atoms with E-state index in [2.05, 4.69) is 0 Å². The smallest absolute Gasteiger partial charge is 1.00 e. The number of rotatable bonds is 2. The van der Waals surface area contributed by atoms with Gasteiger partial charge in [0.15, 0.2) is 0 Å². The molecule has 1 aromatic heterocycles. The van der Waals surface area contributed by atoms with Gasteiger partial charge in [-0.2, -0.15) is 8.42 Å². The molecule has 0 saturated heterocycles. The average Bonchev–Trinajstić information content (AvgIpc) is 2.73. The van der Waals surface area contributed by atoms with E-state index in [1.807, 2.05) is 42.5 Å². The third-order valence-electron chi connectivity index (χ3n) is 3.37. The van der Waals surface area contributed by atoms with E-state index < -0.39 is 10.1 Å². The molecule has 0 fully saturated rings. The molecule has 1 N–H and O–H groups in total. The van der Waals surface area contributed by atoms with E-state index >= 15 is 0 Å². The number of aryl methyl sites for hydroxylation is 1. The van der Waals surface area contributed by atoms with Gasteiger partial charge in [0, 0.05) is 18.0 Å². The average molecular weight is 311 g/mol. The van der Waals surface area contributed by atoms with Crippen molar-refractivity contribution in [2.24, 2.45) is 7.05 Å². The van der Waals surface area contributed by atoms with Crippen molar-refractivity contribution in [2.45, 2.75) is 4.90 Å². The molecule has 0 radical (unpaired) electrons. The van der Waals surface area contributed by atoms with Gasteiger partial charge in [-0.25, -0.2) is 0 Å². The molecule has 0 aliphatic rings. The summed E-state index contributed by atoms with van der Waals surface area (Å²) >= 11 is 0. The van der Waals surface area contributed by atoms with Gasteiger partial charge in [0.25, 0.3) is 10.1 Å². The maximum absolute atomic E-state index is 11.8. The summed E-state index contributed by atoms with van der Waals surface area (Å²) in [6, 6.07) is 16.3. The molecular weight excluding hydrogens is 297 g/mol. The van der Waals surface area contributed by atoms with Crippen LogP contribution in [0, 0.1) is 0 Å². The van der Waals surface area contributed by atoms with Crippen LogP contribution < -0.4 is 29.6 Å². The molecule has 104 valence electrons. The molecule has 0 spiro atoms. The van der Waals surface area contributed by atoms with Crippen molar-refractivity contribution in [1.82, 2.24) is 4.57 Å². The standard InChI is InChI=1S/C15H13NO3S.Na.H/c1-16-13-10-6-5-9-12(13)15(20(17,18)19)14(16)11-7-3-2-4-8-11;;/h2-10H,1H3,(H,17,18,19);;/q;+1;-1. The fraction of sp³-hybridized carbons (Fsp3) is 0.0667. The summed E-state index contributed by atoms with van der Waals surface area (Å²) in [7, 11) is -2.52. The zero-order valence-electron chi connectivity index (χ0n) is 12.8. The Kier molecular flexibility index (Phi) is 4.60. The van der Waals surface area contributed by atoms with Crippen LogP contribution in [0.5, 0.6) is 0 Å². The second kappa shape index (κ2) is 5.94. The van der Waals surface area contributed by atoms with Crippen molar-refractivity contribution < 1.29 is 44.0 Å². The van der Waals surface area contributed by atoms with Crippen molar-refractivity contribution in [3.63, 3.8) is 0 Å². The van der Waals surface area contributed by atoms with E-state index in [9.17, 15) is 13.0 Å². The molecule has 0 saturated carbocycles. The fourth-order valence-corrected chi connectivity index (χ4v) is 3.49. The Hall–Kier alpha value is -1.11. The van der Waals surface area contributed by atoms with Crippen LogP contribution in [0.1, 0.15) is 1.43 Å². The normalized spacial score (nSPS) is 11.3. The van der Waals surface area contributed by atoms with Crippen molar-refractivity contribution in [2.75, 3.05) is 0 Å². The van der Waals surface area contributed by atoms with Gasteiger partial charge in [-0.15, -0.1) is 0 Å². The molecule has 3 aromatic rings. The van der Waals surface area contributed by atoms with Crippen LogP contribution in [-0.2, 0) is 17.2 Å². The molecule has 6 heteroatoms. The second-order valence-electron chi connectivity index (χ2n) is 4.59. The van der Waals surface area contributed by atoms with Crippen LogP contribution in [-0.4, -0.2) is 17.5 Å². The van der Waals surface area contributed by atoms with Gasteiger partial charge in [-0.1, -0.05) is 48.5 Å². The van der Waals surface area contributed by atoms with Gasteiger partial charge in [0.1, 0.15) is 4.90 Å². The van der Waals surface area contributed by atoms with Crippen LogP contribution in [0.25, 0.3) is 22.2 Å². The minimum Gasteiger partial charge on any atom is -1.00 e. The molecular formula is C15H14NNaO3S. The van der Waals surface area contributed by atoms with Crippen molar-refractivity contribution in [1.29, 1.82) is 0 Å². The van der Waals surface area contributed by atoms with Gasteiger partial charge in [0.05, 0.1) is 5.69 Å². The van der Waals surface area contributed by atoms with E-state index in [4.69, 9.17) is 0 Å². The summed E-state index contributed by atoms with van der Waals surface area (Å²) in [5.41, 5.74) is 2.01. The summed E-state index contributed by atoms with van der Waals surface area (Å²) in [6.07, 6.45) is 0. The van der Waals surface area contributed by atoms with Gasteiger partial charge in [0.2, 0.25) is 0 Å². The SMILES string of the molecule is Cn1c(-c2ccccc2)c(S(=O)(=O)O)c2ccccc21.[H-].[Na+]. The van der Waals surface area contributed by atoms with E-state index in [1.165, 1.54) is 0 Å². The predicted octanol–water partition coefficient (Wildman–Crippen LogP) is 0.209. The van der Waals surface area contributed by atoms with Gasteiger partial charge >= 0.3 is 29.6 Å². The zero-order chi connectivity index (χ0) is 14.3. The molecule has 21 heavy (non-hydrogen) atoms. The third kappa shape index (κ3) is 2.80. The van der Waals surface area contributed by atoms with Crippen molar-refractivity contribution >= 4 is 21.0 Å². The van der Waals surface area contributed by atoms with Gasteiger partial charge in [-0.05, 0) is 11.6 Å². The van der Waals surface area contributed by atoms with E-state index in [1.54, 1.807) is 23.7 Å². The Balaban J connectivity index is 0.00000121. The Morgan fingerprint density at radius 1 is 1.00 bits per heavy atom. The first kappa shape index (κ1) is 16.3. The monoisotopic (exact) mass is 311 g/mol. The molecule has 0 unspecified atom stereocenters. The molecule has 0 aliphatic carbocycles. The van der Waals surface area contributed by atoms with Crippen molar-refractivity contribution in [3.8, 4) is 11.3 Å². The molecule has 3 rings (SSSR count). The van der Waals surface area contributed by atoms with E-state index in [0.717, 1.165) is 11.1 Å². The Morgan fingerprint density at radius 2 is 1.57 bits per heavy atom. The number of hydrogen-bond donors (Lipinski definition) is 1. The Labute approximate surface area is 146 Å². The van der Waals surface area contributed by atoms with Crippen LogP contribution >= 0.6 is 0 Å². The minimum absolute atomic E-state index is 0. The number of aromatic nitrogens is 1. The zero-order valence-corrected chi connectivity index (χ0v) is 14.6. The minimum atomic E-state index is -4.31. The topological polar surface area (TPSA) is 59.3 Å². The largest absolute Gasteiger partial charge is 1.00 e. The maximum Gasteiger partial charge on any atom is 1.00 e. The number of hydrogen-bond acceptors (Lipinski definition) is 2. The summed E-state index contributed by atoms with van der Waals surface area (Å²) in [4.78, 5) is -0.0400. The number of nitrogens with zero attached hydrogens (tertiary/aromatic N) is 1. The summed E-state index contributed by atoms with van der Waals surface area (Å²) < 4.78 is 35.0. The van der Waals surface area contributed by atoms with E-state index in [0.29, 0.717) is 11.1 Å². The summed E-state index contributed by atoms with van der Waals surface area (Å²) in [5.74, 6) is 0. The van der Waals surface area contributed by atoms with Crippen LogP contribution in [0.3, 0.4) is 0 Å². The maximum atomic E-state index is 11.8. The Bertz CT molecular complexity index is 892. The molecule has 0 atom stereocenters. The first-order valence-electron chi connectivity index (χ1n) is 6.10. The van der Waals surface area contributed by atoms with Gasteiger partial charge < -0.3 is 5.99 Å². The van der Waals surface area contributed by atoms with Crippen LogP contribution in [0.4, 0.5) is 0 Å². The fourth-order valence-electron chi connectivity index (χ4n) is 2.54. The molecule has 0 bridgehead atoms. The first-order valence-corrected chi connectivity index (χ1v) is 7.54. The molecule has 2 aromatic carbocycles. The quantitative estimate of drug-likeness (QED) is 0.544.